The van der Waals surface area contributed by atoms with E-state index in [1.807, 2.05) is 0 Å². The van der Waals surface area contributed by atoms with Crippen LogP contribution in [0, 0.1) is 0 Å². The summed E-state index contributed by atoms with van der Waals surface area (Å²) in [5.41, 5.74) is 0.495. The first-order valence-corrected chi connectivity index (χ1v) is 5.04. The summed E-state index contributed by atoms with van der Waals surface area (Å²) >= 11 is 5.30. The summed E-state index contributed by atoms with van der Waals surface area (Å²) in [4.78, 5) is 10.7. The van der Waals surface area contributed by atoms with Crippen LogP contribution in [-0.4, -0.2) is 11.8 Å². The number of hydrogen-bond acceptors (Lipinski definition) is 2. The highest BCUT2D eigenvalue weighted by molar-refractivity contribution is 6.67. The molecule has 0 N–H and O–H groups in total. The zero-order chi connectivity index (χ0) is 10.4. The summed E-state index contributed by atoms with van der Waals surface area (Å²) in [6.45, 7) is 2.82. The topological polar surface area (TPSA) is 26.3 Å². The van der Waals surface area contributed by atoms with E-state index in [4.69, 9.17) is 16.3 Å². The Bertz CT molecular complexity index is 293. The summed E-state index contributed by atoms with van der Waals surface area (Å²) in [5, 5.41) is -0.440. The van der Waals surface area contributed by atoms with E-state index in [9.17, 15) is 4.79 Å². The minimum absolute atomic E-state index is 0.440. The van der Waals surface area contributed by atoms with Crippen LogP contribution in [0.15, 0.2) is 24.3 Å². The molecule has 1 aromatic carbocycles. The van der Waals surface area contributed by atoms with Gasteiger partial charge in [-0.2, -0.15) is 0 Å². The third kappa shape index (κ3) is 3.38. The van der Waals surface area contributed by atoms with E-state index in [1.54, 1.807) is 24.3 Å². The Morgan fingerprint density at radius 2 is 2.00 bits per heavy atom. The van der Waals surface area contributed by atoms with Gasteiger partial charge in [0, 0.05) is 5.56 Å². The molecule has 0 saturated heterocycles. The molecule has 0 aliphatic heterocycles. The van der Waals surface area contributed by atoms with Crippen LogP contribution >= 0.6 is 11.6 Å². The van der Waals surface area contributed by atoms with Crippen molar-refractivity contribution in [2.75, 3.05) is 6.61 Å². The van der Waals surface area contributed by atoms with Gasteiger partial charge in [0.15, 0.2) is 0 Å². The largest absolute Gasteiger partial charge is 0.494 e. The number of carbonyl (C=O) groups excluding carboxylic acids is 1. The maximum absolute atomic E-state index is 10.7. The second-order valence-corrected chi connectivity index (χ2v) is 3.34. The predicted octanol–water partition coefficient (Wildman–Crippen LogP) is 3.24. The number of halogens is 1. The molecule has 0 saturated carbocycles. The average molecular weight is 213 g/mol. The molecule has 0 spiro atoms. The Labute approximate surface area is 88.8 Å². The van der Waals surface area contributed by atoms with Crippen molar-refractivity contribution < 1.29 is 9.53 Å². The Hall–Kier alpha value is -1.02. The van der Waals surface area contributed by atoms with E-state index in [0.717, 1.165) is 18.6 Å². The summed E-state index contributed by atoms with van der Waals surface area (Å²) in [6, 6.07) is 6.84. The number of carbonyl (C=O) groups is 1. The van der Waals surface area contributed by atoms with Crippen LogP contribution < -0.4 is 4.74 Å². The van der Waals surface area contributed by atoms with E-state index in [0.29, 0.717) is 12.2 Å². The van der Waals surface area contributed by atoms with Crippen LogP contribution in [0.5, 0.6) is 5.75 Å². The van der Waals surface area contributed by atoms with Crippen LogP contribution in [0.2, 0.25) is 0 Å². The molecule has 0 aromatic heterocycles. The van der Waals surface area contributed by atoms with Gasteiger partial charge in [-0.3, -0.25) is 4.79 Å². The van der Waals surface area contributed by atoms with Gasteiger partial charge in [-0.1, -0.05) is 13.3 Å². The molecule has 0 atom stereocenters. The van der Waals surface area contributed by atoms with Crippen molar-refractivity contribution in [3.63, 3.8) is 0 Å². The SMILES string of the molecule is CCCCOc1ccc(C(=O)Cl)cc1. The highest BCUT2D eigenvalue weighted by Gasteiger charge is 2.00. The fraction of sp³-hybridized carbons (Fsp3) is 0.364. The molecule has 0 fully saturated rings. The standard InChI is InChI=1S/C11H13ClO2/c1-2-3-8-14-10-6-4-9(5-7-10)11(12)13/h4-7H,2-3,8H2,1H3. The van der Waals surface area contributed by atoms with E-state index in [-0.39, 0.29) is 0 Å². The zero-order valence-corrected chi connectivity index (χ0v) is 8.88. The smallest absolute Gasteiger partial charge is 0.252 e. The lowest BCUT2D eigenvalue weighted by atomic mass is 10.2. The quantitative estimate of drug-likeness (QED) is 0.553. The maximum Gasteiger partial charge on any atom is 0.252 e. The van der Waals surface area contributed by atoms with Crippen LogP contribution in [0.1, 0.15) is 30.1 Å². The van der Waals surface area contributed by atoms with E-state index in [2.05, 4.69) is 6.92 Å². The van der Waals surface area contributed by atoms with Gasteiger partial charge in [-0.15, -0.1) is 0 Å². The van der Waals surface area contributed by atoms with Gasteiger partial charge in [0.1, 0.15) is 5.75 Å². The first-order valence-electron chi connectivity index (χ1n) is 4.66. The molecule has 1 aromatic rings. The molecule has 0 heterocycles. The van der Waals surface area contributed by atoms with Gasteiger partial charge in [0.05, 0.1) is 6.61 Å². The second-order valence-electron chi connectivity index (χ2n) is 3.00. The molecule has 2 nitrogen and oxygen atoms in total. The fourth-order valence-corrected chi connectivity index (χ4v) is 1.14. The third-order valence-electron chi connectivity index (χ3n) is 1.85. The van der Waals surface area contributed by atoms with E-state index in [1.165, 1.54) is 0 Å². The minimum atomic E-state index is -0.440. The third-order valence-corrected chi connectivity index (χ3v) is 2.07. The van der Waals surface area contributed by atoms with Gasteiger partial charge in [-0.25, -0.2) is 0 Å². The lowest BCUT2D eigenvalue weighted by molar-refractivity contribution is 0.108. The summed E-state index contributed by atoms with van der Waals surface area (Å²) in [5.74, 6) is 0.778. The molecule has 0 radical (unpaired) electrons. The number of benzene rings is 1. The molecule has 0 aliphatic rings. The van der Waals surface area contributed by atoms with Crippen molar-refractivity contribution in [1.82, 2.24) is 0 Å². The lowest BCUT2D eigenvalue weighted by Crippen LogP contribution is -1.96. The van der Waals surface area contributed by atoms with Crippen molar-refractivity contribution in [3.8, 4) is 5.75 Å². The molecular weight excluding hydrogens is 200 g/mol. The van der Waals surface area contributed by atoms with Crippen LogP contribution in [0.25, 0.3) is 0 Å². The van der Waals surface area contributed by atoms with Crippen LogP contribution in [0.3, 0.4) is 0 Å². The Kier molecular flexibility index (Phi) is 4.47. The van der Waals surface area contributed by atoms with Crippen molar-refractivity contribution in [3.05, 3.63) is 29.8 Å². The summed E-state index contributed by atoms with van der Waals surface area (Å²) < 4.78 is 5.43. The fourth-order valence-electron chi connectivity index (χ4n) is 1.02. The molecule has 14 heavy (non-hydrogen) atoms. The molecule has 3 heteroatoms. The predicted molar refractivity (Wildman–Crippen MR) is 57.0 cm³/mol. The minimum Gasteiger partial charge on any atom is -0.494 e. The van der Waals surface area contributed by atoms with Crippen molar-refractivity contribution in [2.45, 2.75) is 19.8 Å². The highest BCUT2D eigenvalue weighted by atomic mass is 35.5. The van der Waals surface area contributed by atoms with Gasteiger partial charge < -0.3 is 4.74 Å². The molecule has 76 valence electrons. The normalized spacial score (nSPS) is 9.86. The van der Waals surface area contributed by atoms with Gasteiger partial charge in [0.2, 0.25) is 0 Å². The Balaban J connectivity index is 2.51. The molecule has 0 aliphatic carbocycles. The van der Waals surface area contributed by atoms with Gasteiger partial charge in [0.25, 0.3) is 5.24 Å². The van der Waals surface area contributed by atoms with E-state index < -0.39 is 5.24 Å². The number of rotatable bonds is 5. The first-order chi connectivity index (χ1) is 6.74. The molecular formula is C11H13ClO2. The number of hydrogen-bond donors (Lipinski definition) is 0. The van der Waals surface area contributed by atoms with E-state index >= 15 is 0 Å². The Morgan fingerprint density at radius 1 is 1.36 bits per heavy atom. The average Bonchev–Trinajstić information content (AvgIpc) is 2.19. The molecule has 0 amide bonds. The maximum atomic E-state index is 10.7. The molecule has 0 unspecified atom stereocenters. The monoisotopic (exact) mass is 212 g/mol. The van der Waals surface area contributed by atoms with Crippen LogP contribution in [-0.2, 0) is 0 Å². The first kappa shape index (κ1) is 11.1. The number of ether oxygens (including phenoxy) is 1. The lowest BCUT2D eigenvalue weighted by Gasteiger charge is -2.04. The molecule has 0 bridgehead atoms. The number of unbranched alkanes of at least 4 members (excludes halogenated alkanes) is 1. The Morgan fingerprint density at radius 3 is 2.50 bits per heavy atom. The van der Waals surface area contributed by atoms with Crippen molar-refractivity contribution in [2.24, 2.45) is 0 Å². The van der Waals surface area contributed by atoms with Crippen LogP contribution in [0.4, 0.5) is 0 Å². The summed E-state index contributed by atoms with van der Waals surface area (Å²) in [7, 11) is 0. The summed E-state index contributed by atoms with van der Waals surface area (Å²) in [6.07, 6.45) is 2.15. The van der Waals surface area contributed by atoms with Gasteiger partial charge in [-0.05, 0) is 42.3 Å². The van der Waals surface area contributed by atoms with Crippen molar-refractivity contribution in [1.29, 1.82) is 0 Å². The highest BCUT2D eigenvalue weighted by Crippen LogP contribution is 2.13. The zero-order valence-electron chi connectivity index (χ0n) is 8.13. The second kappa shape index (κ2) is 5.66. The van der Waals surface area contributed by atoms with Gasteiger partial charge >= 0.3 is 0 Å². The molecule has 1 rings (SSSR count). The van der Waals surface area contributed by atoms with Crippen molar-refractivity contribution >= 4 is 16.8 Å².